The number of hydrogen-bond donors (Lipinski definition) is 1. The molecule has 0 aliphatic rings. The summed E-state index contributed by atoms with van der Waals surface area (Å²) in [6.07, 6.45) is 1.99. The Morgan fingerprint density at radius 1 is 1.10 bits per heavy atom. The smallest absolute Gasteiger partial charge is 0.335 e. The number of nitrogens with zero attached hydrogens (tertiary/aromatic N) is 1. The number of halogens is 1. The average Bonchev–Trinajstić information content (AvgIpc) is 2.84. The van der Waals surface area contributed by atoms with E-state index in [9.17, 15) is 4.79 Å². The number of carboxylic acids is 1. The molecule has 20 heavy (non-hydrogen) atoms. The van der Waals surface area contributed by atoms with Crippen molar-refractivity contribution in [3.8, 4) is 0 Å². The molecule has 3 aromatic rings. The van der Waals surface area contributed by atoms with Crippen molar-refractivity contribution in [2.75, 3.05) is 0 Å². The van der Waals surface area contributed by atoms with Gasteiger partial charge in [0.05, 0.1) is 16.1 Å². The van der Waals surface area contributed by atoms with Crippen LogP contribution in [0.3, 0.4) is 0 Å². The van der Waals surface area contributed by atoms with E-state index in [2.05, 4.69) is 4.57 Å². The highest BCUT2D eigenvalue weighted by atomic mass is 35.5. The first-order chi connectivity index (χ1) is 9.65. The third kappa shape index (κ3) is 2.28. The first-order valence-corrected chi connectivity index (χ1v) is 6.58. The second-order valence-electron chi connectivity index (χ2n) is 4.62. The Hall–Kier alpha value is -2.26. The van der Waals surface area contributed by atoms with Crippen LogP contribution in [0.25, 0.3) is 10.9 Å². The van der Waals surface area contributed by atoms with Crippen LogP contribution >= 0.6 is 11.6 Å². The molecule has 3 nitrogen and oxygen atoms in total. The maximum absolute atomic E-state index is 10.8. The van der Waals surface area contributed by atoms with Gasteiger partial charge in [0.1, 0.15) is 0 Å². The summed E-state index contributed by atoms with van der Waals surface area (Å²) in [6.45, 7) is 0.660. The Morgan fingerprint density at radius 3 is 2.55 bits per heavy atom. The second kappa shape index (κ2) is 5.02. The molecule has 0 amide bonds. The number of benzene rings is 2. The summed E-state index contributed by atoms with van der Waals surface area (Å²) < 4.78 is 2.06. The van der Waals surface area contributed by atoms with E-state index in [0.717, 1.165) is 21.5 Å². The number of hydrogen-bond acceptors (Lipinski definition) is 1. The summed E-state index contributed by atoms with van der Waals surface area (Å²) in [6, 6.07) is 14.7. The molecule has 100 valence electrons. The molecule has 1 heterocycles. The number of para-hydroxylation sites is 1. The van der Waals surface area contributed by atoms with Gasteiger partial charge in [0.2, 0.25) is 0 Å². The van der Waals surface area contributed by atoms with Gasteiger partial charge in [-0.25, -0.2) is 4.79 Å². The predicted molar refractivity (Wildman–Crippen MR) is 79.5 cm³/mol. The van der Waals surface area contributed by atoms with Crippen LogP contribution in [-0.4, -0.2) is 15.6 Å². The molecule has 1 N–H and O–H groups in total. The van der Waals surface area contributed by atoms with Gasteiger partial charge in [-0.3, -0.25) is 0 Å². The molecule has 0 saturated carbocycles. The lowest BCUT2D eigenvalue weighted by Gasteiger charge is -2.07. The van der Waals surface area contributed by atoms with Crippen molar-refractivity contribution < 1.29 is 9.90 Å². The molecule has 1 aromatic heterocycles. The fourth-order valence-electron chi connectivity index (χ4n) is 2.30. The number of carboxylic acid groups (broad SMARTS) is 1. The first kappa shape index (κ1) is 12.8. The van der Waals surface area contributed by atoms with Gasteiger partial charge in [-0.1, -0.05) is 35.9 Å². The number of aromatic carboxylic acids is 1. The standard InChI is InChI=1S/C16H12ClNO2/c17-14-3-1-2-12-8-9-18(15(12)14)10-11-4-6-13(7-5-11)16(19)20/h1-9H,10H2,(H,19,20). The second-order valence-corrected chi connectivity index (χ2v) is 5.03. The van der Waals surface area contributed by atoms with Crippen LogP contribution in [-0.2, 0) is 6.54 Å². The molecule has 0 radical (unpaired) electrons. The molecule has 0 aliphatic heterocycles. The van der Waals surface area contributed by atoms with Crippen LogP contribution in [0.2, 0.25) is 5.02 Å². The lowest BCUT2D eigenvalue weighted by Crippen LogP contribution is -2.00. The minimum Gasteiger partial charge on any atom is -0.478 e. The van der Waals surface area contributed by atoms with Crippen LogP contribution in [0.15, 0.2) is 54.7 Å². The largest absolute Gasteiger partial charge is 0.478 e. The normalized spacial score (nSPS) is 10.8. The van der Waals surface area contributed by atoms with Crippen molar-refractivity contribution in [1.82, 2.24) is 4.57 Å². The van der Waals surface area contributed by atoms with Crippen LogP contribution in [0.1, 0.15) is 15.9 Å². The summed E-state index contributed by atoms with van der Waals surface area (Å²) in [5, 5.41) is 10.7. The van der Waals surface area contributed by atoms with E-state index in [1.807, 2.05) is 42.6 Å². The van der Waals surface area contributed by atoms with Crippen molar-refractivity contribution in [3.05, 3.63) is 70.9 Å². The van der Waals surface area contributed by atoms with E-state index in [1.54, 1.807) is 12.1 Å². The molecule has 2 aromatic carbocycles. The topological polar surface area (TPSA) is 42.2 Å². The zero-order valence-electron chi connectivity index (χ0n) is 10.6. The zero-order chi connectivity index (χ0) is 14.1. The maximum Gasteiger partial charge on any atom is 0.335 e. The molecule has 0 fully saturated rings. The molecule has 0 spiro atoms. The first-order valence-electron chi connectivity index (χ1n) is 6.21. The van der Waals surface area contributed by atoms with Gasteiger partial charge in [0, 0.05) is 18.1 Å². The summed E-state index contributed by atoms with van der Waals surface area (Å²) in [5.74, 6) is -0.911. The molecule has 0 bridgehead atoms. The van der Waals surface area contributed by atoms with E-state index < -0.39 is 5.97 Å². The van der Waals surface area contributed by atoms with Crippen molar-refractivity contribution >= 4 is 28.5 Å². The number of carbonyl (C=O) groups is 1. The van der Waals surface area contributed by atoms with E-state index in [-0.39, 0.29) is 0 Å². The summed E-state index contributed by atoms with van der Waals surface area (Å²) >= 11 is 6.24. The molecule has 0 unspecified atom stereocenters. The quantitative estimate of drug-likeness (QED) is 0.789. The zero-order valence-corrected chi connectivity index (χ0v) is 11.3. The highest BCUT2D eigenvalue weighted by molar-refractivity contribution is 6.35. The third-order valence-electron chi connectivity index (χ3n) is 3.29. The molecular weight excluding hydrogens is 274 g/mol. The highest BCUT2D eigenvalue weighted by Gasteiger charge is 2.06. The average molecular weight is 286 g/mol. The predicted octanol–water partition coefficient (Wildman–Crippen LogP) is 4.04. The molecule has 3 rings (SSSR count). The fraction of sp³-hybridized carbons (Fsp3) is 0.0625. The van der Waals surface area contributed by atoms with Gasteiger partial charge in [-0.2, -0.15) is 0 Å². The summed E-state index contributed by atoms with van der Waals surface area (Å²) in [4.78, 5) is 10.8. The Labute approximate surface area is 121 Å². The Balaban J connectivity index is 1.95. The summed E-state index contributed by atoms with van der Waals surface area (Å²) in [5.41, 5.74) is 2.33. The number of rotatable bonds is 3. The Morgan fingerprint density at radius 2 is 1.85 bits per heavy atom. The van der Waals surface area contributed by atoms with Gasteiger partial charge in [0.15, 0.2) is 0 Å². The monoisotopic (exact) mass is 285 g/mol. The maximum atomic E-state index is 10.8. The highest BCUT2D eigenvalue weighted by Crippen LogP contribution is 2.25. The van der Waals surface area contributed by atoms with E-state index in [1.165, 1.54) is 0 Å². The van der Waals surface area contributed by atoms with Crippen molar-refractivity contribution in [2.45, 2.75) is 6.54 Å². The van der Waals surface area contributed by atoms with E-state index >= 15 is 0 Å². The van der Waals surface area contributed by atoms with E-state index in [0.29, 0.717) is 12.1 Å². The Bertz CT molecular complexity index is 775. The fourth-order valence-corrected chi connectivity index (χ4v) is 2.59. The third-order valence-corrected chi connectivity index (χ3v) is 3.60. The number of aromatic nitrogens is 1. The van der Waals surface area contributed by atoms with Crippen LogP contribution in [0.4, 0.5) is 0 Å². The lowest BCUT2D eigenvalue weighted by atomic mass is 10.1. The minimum atomic E-state index is -0.911. The SMILES string of the molecule is O=C(O)c1ccc(Cn2ccc3cccc(Cl)c32)cc1. The number of fused-ring (bicyclic) bond motifs is 1. The molecular formula is C16H12ClNO2. The van der Waals surface area contributed by atoms with Gasteiger partial charge >= 0.3 is 5.97 Å². The molecule has 0 saturated heterocycles. The molecule has 4 heteroatoms. The minimum absolute atomic E-state index is 0.296. The van der Waals surface area contributed by atoms with Crippen molar-refractivity contribution in [2.24, 2.45) is 0 Å². The van der Waals surface area contributed by atoms with Gasteiger partial charge in [-0.15, -0.1) is 0 Å². The van der Waals surface area contributed by atoms with Crippen LogP contribution in [0, 0.1) is 0 Å². The Kier molecular flexibility index (Phi) is 3.20. The van der Waals surface area contributed by atoms with Crippen molar-refractivity contribution in [3.63, 3.8) is 0 Å². The van der Waals surface area contributed by atoms with Crippen LogP contribution < -0.4 is 0 Å². The molecule has 0 aliphatic carbocycles. The lowest BCUT2D eigenvalue weighted by molar-refractivity contribution is 0.0697. The van der Waals surface area contributed by atoms with Gasteiger partial charge in [-0.05, 0) is 29.8 Å². The van der Waals surface area contributed by atoms with Gasteiger partial charge < -0.3 is 9.67 Å². The van der Waals surface area contributed by atoms with E-state index in [4.69, 9.17) is 16.7 Å². The molecule has 0 atom stereocenters. The van der Waals surface area contributed by atoms with Crippen molar-refractivity contribution in [1.29, 1.82) is 0 Å². The van der Waals surface area contributed by atoms with Gasteiger partial charge in [0.25, 0.3) is 0 Å². The summed E-state index contributed by atoms with van der Waals surface area (Å²) in [7, 11) is 0. The van der Waals surface area contributed by atoms with Crippen LogP contribution in [0.5, 0.6) is 0 Å².